The van der Waals surface area contributed by atoms with Gasteiger partial charge < -0.3 is 9.84 Å². The van der Waals surface area contributed by atoms with E-state index in [9.17, 15) is 4.39 Å². The summed E-state index contributed by atoms with van der Waals surface area (Å²) in [4.78, 5) is 12.4. The molecular weight excluding hydrogens is 347 g/mol. The lowest BCUT2D eigenvalue weighted by Gasteiger charge is -2.08. The molecule has 1 N–H and O–H groups in total. The first-order chi connectivity index (χ1) is 13.2. The second-order valence-electron chi connectivity index (χ2n) is 5.51. The summed E-state index contributed by atoms with van der Waals surface area (Å²) in [6, 6.07) is 15.2. The van der Waals surface area contributed by atoms with Crippen LogP contribution in [0.25, 0.3) is 22.8 Å². The maximum absolute atomic E-state index is 13.9. The van der Waals surface area contributed by atoms with Crippen molar-refractivity contribution in [1.82, 2.24) is 20.1 Å². The second-order valence-corrected chi connectivity index (χ2v) is 5.51. The van der Waals surface area contributed by atoms with Crippen molar-refractivity contribution in [2.45, 2.75) is 0 Å². The van der Waals surface area contributed by atoms with Crippen LogP contribution in [0.4, 0.5) is 15.9 Å². The third-order valence-electron chi connectivity index (χ3n) is 3.74. The Labute approximate surface area is 153 Å². The van der Waals surface area contributed by atoms with E-state index in [4.69, 9.17) is 9.78 Å². The number of nitrogens with zero attached hydrogens (tertiary/aromatic N) is 5. The van der Waals surface area contributed by atoms with Crippen molar-refractivity contribution in [1.29, 1.82) is 5.26 Å². The van der Waals surface area contributed by atoms with Crippen LogP contribution in [0.5, 0.6) is 0 Å². The van der Waals surface area contributed by atoms with Gasteiger partial charge in [0.25, 0.3) is 5.89 Å². The van der Waals surface area contributed by atoms with Crippen LogP contribution in [-0.2, 0) is 0 Å². The number of hydrogen-bond donors (Lipinski definition) is 1. The van der Waals surface area contributed by atoms with Crippen molar-refractivity contribution in [2.24, 2.45) is 0 Å². The van der Waals surface area contributed by atoms with Gasteiger partial charge in [0.2, 0.25) is 5.82 Å². The number of halogens is 1. The zero-order valence-electron chi connectivity index (χ0n) is 13.8. The highest BCUT2D eigenvalue weighted by Crippen LogP contribution is 2.29. The van der Waals surface area contributed by atoms with Gasteiger partial charge in [-0.05, 0) is 30.3 Å². The molecule has 0 saturated carbocycles. The summed E-state index contributed by atoms with van der Waals surface area (Å²) >= 11 is 0. The topological polar surface area (TPSA) is 101 Å². The van der Waals surface area contributed by atoms with Crippen LogP contribution in [0.15, 0.2) is 65.6 Å². The standard InChI is InChI=1S/C19H11FN6O/c20-16-7-2-1-6-14(16)18-25-19(27-26-18)15-10-22-11-23-17(15)24-13-5-3-4-12(8-13)9-21/h1-8,10-11H,(H,22,23,24). The minimum atomic E-state index is -0.444. The molecule has 8 heteroatoms. The molecule has 0 spiro atoms. The molecule has 0 aliphatic carbocycles. The molecule has 0 atom stereocenters. The lowest BCUT2D eigenvalue weighted by molar-refractivity contribution is 0.431. The predicted octanol–water partition coefficient (Wildman–Crippen LogP) is 3.95. The average molecular weight is 358 g/mol. The molecule has 0 radical (unpaired) electrons. The van der Waals surface area contributed by atoms with Crippen LogP contribution in [0, 0.1) is 17.1 Å². The Balaban J connectivity index is 1.70. The van der Waals surface area contributed by atoms with E-state index in [2.05, 4.69) is 31.5 Å². The molecule has 4 aromatic rings. The summed E-state index contributed by atoms with van der Waals surface area (Å²) in [7, 11) is 0. The summed E-state index contributed by atoms with van der Waals surface area (Å²) < 4.78 is 19.2. The highest BCUT2D eigenvalue weighted by molar-refractivity contribution is 5.74. The summed E-state index contributed by atoms with van der Waals surface area (Å²) in [6.07, 6.45) is 2.89. The predicted molar refractivity (Wildman–Crippen MR) is 95.2 cm³/mol. The minimum Gasteiger partial charge on any atom is -0.339 e. The van der Waals surface area contributed by atoms with Gasteiger partial charge in [0.1, 0.15) is 23.5 Å². The molecule has 7 nitrogen and oxygen atoms in total. The van der Waals surface area contributed by atoms with Gasteiger partial charge >= 0.3 is 0 Å². The molecule has 0 amide bonds. The van der Waals surface area contributed by atoms with Crippen LogP contribution < -0.4 is 5.32 Å². The Morgan fingerprint density at radius 2 is 1.96 bits per heavy atom. The fourth-order valence-electron chi connectivity index (χ4n) is 2.47. The molecule has 0 aliphatic heterocycles. The number of nitrogens with one attached hydrogen (secondary N) is 1. The van der Waals surface area contributed by atoms with E-state index < -0.39 is 5.82 Å². The third kappa shape index (κ3) is 3.34. The van der Waals surface area contributed by atoms with Gasteiger partial charge in [0, 0.05) is 11.9 Å². The maximum Gasteiger partial charge on any atom is 0.263 e. The van der Waals surface area contributed by atoms with Crippen LogP contribution in [0.1, 0.15) is 5.56 Å². The van der Waals surface area contributed by atoms with Crippen molar-refractivity contribution < 1.29 is 8.91 Å². The van der Waals surface area contributed by atoms with Crippen molar-refractivity contribution >= 4 is 11.5 Å². The van der Waals surface area contributed by atoms with Gasteiger partial charge in [-0.3, -0.25) is 0 Å². The van der Waals surface area contributed by atoms with Gasteiger partial charge in [0.05, 0.1) is 17.2 Å². The van der Waals surface area contributed by atoms with Crippen molar-refractivity contribution in [3.8, 4) is 28.9 Å². The first-order valence-corrected chi connectivity index (χ1v) is 7.91. The zero-order chi connectivity index (χ0) is 18.6. The van der Waals surface area contributed by atoms with E-state index in [0.29, 0.717) is 22.6 Å². The van der Waals surface area contributed by atoms with Crippen molar-refractivity contribution in [2.75, 3.05) is 5.32 Å². The first kappa shape index (κ1) is 16.4. The van der Waals surface area contributed by atoms with E-state index in [1.807, 2.05) is 0 Å². The first-order valence-electron chi connectivity index (χ1n) is 7.91. The molecule has 2 aromatic heterocycles. The summed E-state index contributed by atoms with van der Waals surface area (Å²) in [6.45, 7) is 0. The zero-order valence-corrected chi connectivity index (χ0v) is 13.8. The molecule has 0 fully saturated rings. The Morgan fingerprint density at radius 1 is 1.07 bits per heavy atom. The van der Waals surface area contributed by atoms with Gasteiger partial charge in [-0.2, -0.15) is 10.2 Å². The van der Waals surface area contributed by atoms with E-state index in [1.54, 1.807) is 42.5 Å². The molecule has 2 aromatic carbocycles. The minimum absolute atomic E-state index is 0.129. The number of hydrogen-bond acceptors (Lipinski definition) is 7. The van der Waals surface area contributed by atoms with Gasteiger partial charge in [-0.25, -0.2) is 14.4 Å². The van der Waals surface area contributed by atoms with Crippen LogP contribution >= 0.6 is 0 Å². The maximum atomic E-state index is 13.9. The largest absolute Gasteiger partial charge is 0.339 e. The van der Waals surface area contributed by atoms with E-state index in [-0.39, 0.29) is 17.3 Å². The third-order valence-corrected chi connectivity index (χ3v) is 3.74. The smallest absolute Gasteiger partial charge is 0.263 e. The van der Waals surface area contributed by atoms with Crippen LogP contribution in [0.2, 0.25) is 0 Å². The summed E-state index contributed by atoms with van der Waals surface area (Å²) in [5, 5.41) is 16.0. The van der Waals surface area contributed by atoms with E-state index >= 15 is 0 Å². The Morgan fingerprint density at radius 3 is 2.81 bits per heavy atom. The van der Waals surface area contributed by atoms with Gasteiger partial charge in [-0.15, -0.1) is 0 Å². The fraction of sp³-hybridized carbons (Fsp3) is 0. The highest BCUT2D eigenvalue weighted by Gasteiger charge is 2.17. The van der Waals surface area contributed by atoms with Crippen molar-refractivity contribution in [3.63, 3.8) is 0 Å². The molecule has 0 aliphatic rings. The monoisotopic (exact) mass is 358 g/mol. The van der Waals surface area contributed by atoms with E-state index in [0.717, 1.165) is 0 Å². The molecule has 4 rings (SSSR count). The normalized spacial score (nSPS) is 10.4. The van der Waals surface area contributed by atoms with Gasteiger partial charge in [-0.1, -0.05) is 23.4 Å². The molecule has 2 heterocycles. The SMILES string of the molecule is N#Cc1cccc(Nc2ncncc2-c2nc(-c3ccccc3F)no2)c1. The second kappa shape index (κ2) is 7.01. The summed E-state index contributed by atoms with van der Waals surface area (Å²) in [5.74, 6) is 0.252. The number of benzene rings is 2. The van der Waals surface area contributed by atoms with E-state index in [1.165, 1.54) is 18.6 Å². The van der Waals surface area contributed by atoms with Crippen molar-refractivity contribution in [3.05, 3.63) is 72.4 Å². The Hall–Kier alpha value is -4.12. The van der Waals surface area contributed by atoms with Gasteiger partial charge in [0.15, 0.2) is 0 Å². The molecule has 0 saturated heterocycles. The van der Waals surface area contributed by atoms with Crippen LogP contribution in [0.3, 0.4) is 0 Å². The molecule has 0 unspecified atom stereocenters. The molecular formula is C19H11FN6O. The number of anilines is 2. The van der Waals surface area contributed by atoms with Crippen LogP contribution in [-0.4, -0.2) is 20.1 Å². The quantitative estimate of drug-likeness (QED) is 0.589. The fourth-order valence-corrected chi connectivity index (χ4v) is 2.47. The number of nitriles is 1. The highest BCUT2D eigenvalue weighted by atomic mass is 19.1. The summed E-state index contributed by atoms with van der Waals surface area (Å²) in [5.41, 5.74) is 1.87. The Bertz CT molecular complexity index is 1150. The molecule has 0 bridgehead atoms. The lowest BCUT2D eigenvalue weighted by atomic mass is 10.2. The number of aromatic nitrogens is 4. The average Bonchev–Trinajstić information content (AvgIpc) is 3.18. The molecule has 27 heavy (non-hydrogen) atoms. The molecule has 130 valence electrons. The Kier molecular flexibility index (Phi) is 4.25. The number of rotatable bonds is 4. The lowest BCUT2D eigenvalue weighted by Crippen LogP contribution is -1.98.